The van der Waals surface area contributed by atoms with Crippen LogP contribution in [0.5, 0.6) is 0 Å². The molecule has 3 aromatic rings. The van der Waals surface area contributed by atoms with E-state index < -0.39 is 21.8 Å². The minimum Gasteiger partial charge on any atom is -0.304 e. The Morgan fingerprint density at radius 3 is 2.22 bits per heavy atom. The molecule has 0 saturated carbocycles. The van der Waals surface area contributed by atoms with Crippen molar-refractivity contribution < 1.29 is 18.0 Å². The van der Waals surface area contributed by atoms with Gasteiger partial charge in [0.15, 0.2) is 0 Å². The van der Waals surface area contributed by atoms with E-state index >= 15 is 0 Å². The molecule has 1 aliphatic rings. The molecule has 32 heavy (non-hydrogen) atoms. The van der Waals surface area contributed by atoms with Gasteiger partial charge in [0.1, 0.15) is 0 Å². The second-order valence-corrected chi connectivity index (χ2v) is 9.93. The van der Waals surface area contributed by atoms with Gasteiger partial charge in [0.25, 0.3) is 5.91 Å². The monoisotopic (exact) mass is 468 g/mol. The second-order valence-electron chi connectivity index (χ2n) is 7.66. The highest BCUT2D eigenvalue weighted by Crippen LogP contribution is 2.32. The fraction of sp³-hybridized carbons (Fsp3) is 0.167. The Bertz CT molecular complexity index is 1260. The van der Waals surface area contributed by atoms with Crippen LogP contribution in [0, 0.1) is 5.92 Å². The van der Waals surface area contributed by atoms with Crippen LogP contribution in [0.1, 0.15) is 22.8 Å². The van der Waals surface area contributed by atoms with E-state index in [0.717, 1.165) is 9.87 Å². The molecule has 0 aromatic heterocycles. The molecule has 2 amide bonds. The summed E-state index contributed by atoms with van der Waals surface area (Å²) in [6, 6.07) is 23.1. The first-order valence-corrected chi connectivity index (χ1v) is 12.0. The van der Waals surface area contributed by atoms with E-state index in [1.54, 1.807) is 11.8 Å². The Kier molecular flexibility index (Phi) is 6.04. The predicted molar refractivity (Wildman–Crippen MR) is 125 cm³/mol. The van der Waals surface area contributed by atoms with Gasteiger partial charge in [-0.15, -0.1) is 0 Å². The Balaban J connectivity index is 1.69. The second kappa shape index (κ2) is 8.76. The van der Waals surface area contributed by atoms with E-state index in [-0.39, 0.29) is 27.9 Å². The van der Waals surface area contributed by atoms with E-state index in [2.05, 4.69) is 0 Å². The van der Waals surface area contributed by atoms with Gasteiger partial charge in [-0.25, -0.2) is 12.7 Å². The first-order valence-electron chi connectivity index (χ1n) is 10.0. The van der Waals surface area contributed by atoms with Crippen LogP contribution in [0.2, 0.25) is 5.02 Å². The number of hydrogen-bond donors (Lipinski definition) is 0. The lowest BCUT2D eigenvalue weighted by atomic mass is 10.1. The molecular formula is C24H21ClN2O4S. The zero-order valence-corrected chi connectivity index (χ0v) is 18.9. The summed E-state index contributed by atoms with van der Waals surface area (Å²) in [4.78, 5) is 27.5. The lowest BCUT2D eigenvalue weighted by molar-refractivity contribution is -0.119. The number of hydrogen-bond acceptors (Lipinski definition) is 4. The van der Waals surface area contributed by atoms with Crippen LogP contribution in [0.25, 0.3) is 0 Å². The first-order chi connectivity index (χ1) is 15.3. The normalized spacial score (nSPS) is 17.4. The van der Waals surface area contributed by atoms with Crippen molar-refractivity contribution >= 4 is 44.8 Å². The van der Waals surface area contributed by atoms with Crippen molar-refractivity contribution in [3.05, 3.63) is 95.0 Å². The van der Waals surface area contributed by atoms with Crippen LogP contribution in [0.15, 0.2) is 78.9 Å². The van der Waals surface area contributed by atoms with Gasteiger partial charge in [0.05, 0.1) is 34.5 Å². The van der Waals surface area contributed by atoms with Gasteiger partial charge in [-0.05, 0) is 35.9 Å². The molecule has 4 rings (SSSR count). The van der Waals surface area contributed by atoms with E-state index in [1.165, 1.54) is 18.2 Å². The zero-order chi connectivity index (χ0) is 22.9. The van der Waals surface area contributed by atoms with E-state index in [0.29, 0.717) is 12.2 Å². The van der Waals surface area contributed by atoms with Crippen molar-refractivity contribution in [2.45, 2.75) is 13.5 Å². The SMILES string of the molecule is CC1CS(=O)(=O)N(c2ccc(C(=O)N(Cc3ccccc3)c3ccccc3)c(Cl)c2)C1=O. The smallest absolute Gasteiger partial charge is 0.260 e. The first kappa shape index (κ1) is 22.0. The third-order valence-electron chi connectivity index (χ3n) is 5.27. The molecule has 8 heteroatoms. The highest BCUT2D eigenvalue weighted by Gasteiger charge is 2.42. The lowest BCUT2D eigenvalue weighted by Gasteiger charge is -2.24. The van der Waals surface area contributed by atoms with Crippen molar-refractivity contribution in [2.24, 2.45) is 5.92 Å². The number of nitrogens with zero attached hydrogens (tertiary/aromatic N) is 2. The number of benzene rings is 3. The highest BCUT2D eigenvalue weighted by atomic mass is 35.5. The molecule has 164 valence electrons. The number of amides is 2. The van der Waals surface area contributed by atoms with Crippen LogP contribution in [-0.4, -0.2) is 26.0 Å². The summed E-state index contributed by atoms with van der Waals surface area (Å²) in [5.74, 6) is -1.71. The predicted octanol–water partition coefficient (Wildman–Crippen LogP) is 4.50. The summed E-state index contributed by atoms with van der Waals surface area (Å²) < 4.78 is 25.6. The van der Waals surface area contributed by atoms with Gasteiger partial charge in [-0.2, -0.15) is 0 Å². The molecule has 1 aliphatic heterocycles. The van der Waals surface area contributed by atoms with Gasteiger partial charge in [0.2, 0.25) is 15.9 Å². The van der Waals surface area contributed by atoms with Gasteiger partial charge < -0.3 is 4.90 Å². The zero-order valence-electron chi connectivity index (χ0n) is 17.3. The van der Waals surface area contributed by atoms with Gasteiger partial charge in [0, 0.05) is 5.69 Å². The third-order valence-corrected chi connectivity index (χ3v) is 7.46. The highest BCUT2D eigenvalue weighted by molar-refractivity contribution is 7.94. The Labute approximate surface area is 192 Å². The summed E-state index contributed by atoms with van der Waals surface area (Å²) in [5, 5.41) is 0.0732. The maximum atomic E-state index is 13.5. The van der Waals surface area contributed by atoms with Crippen molar-refractivity contribution in [1.29, 1.82) is 0 Å². The van der Waals surface area contributed by atoms with Gasteiger partial charge >= 0.3 is 0 Å². The number of carbonyl (C=O) groups is 2. The van der Waals surface area contributed by atoms with E-state index in [9.17, 15) is 18.0 Å². The summed E-state index contributed by atoms with van der Waals surface area (Å²) in [6.07, 6.45) is 0. The number of sulfonamides is 1. The minimum atomic E-state index is -3.76. The summed E-state index contributed by atoms with van der Waals surface area (Å²) in [5.41, 5.74) is 2.00. The molecule has 1 heterocycles. The molecule has 0 radical (unpaired) electrons. The molecular weight excluding hydrogens is 448 g/mol. The number of carbonyl (C=O) groups excluding carboxylic acids is 2. The third kappa shape index (κ3) is 4.26. The van der Waals surface area contributed by atoms with Crippen molar-refractivity contribution in [3.8, 4) is 0 Å². The quantitative estimate of drug-likeness (QED) is 0.552. The summed E-state index contributed by atoms with van der Waals surface area (Å²) in [7, 11) is -3.76. The summed E-state index contributed by atoms with van der Waals surface area (Å²) >= 11 is 6.43. The molecule has 1 unspecified atom stereocenters. The molecule has 0 N–H and O–H groups in total. The number of rotatable bonds is 5. The molecule has 1 atom stereocenters. The fourth-order valence-electron chi connectivity index (χ4n) is 3.69. The maximum Gasteiger partial charge on any atom is 0.260 e. The number of halogens is 1. The van der Waals surface area contributed by atoms with Gasteiger partial charge in [-0.3, -0.25) is 9.59 Å². The molecule has 3 aromatic carbocycles. The van der Waals surface area contributed by atoms with Crippen molar-refractivity contribution in [2.75, 3.05) is 15.0 Å². The van der Waals surface area contributed by atoms with Crippen LogP contribution >= 0.6 is 11.6 Å². The fourth-order valence-corrected chi connectivity index (χ4v) is 5.76. The minimum absolute atomic E-state index is 0.0732. The Morgan fingerprint density at radius 2 is 1.66 bits per heavy atom. The molecule has 1 fully saturated rings. The van der Waals surface area contributed by atoms with Crippen LogP contribution in [0.3, 0.4) is 0 Å². The molecule has 0 bridgehead atoms. The molecule has 0 spiro atoms. The van der Waals surface area contributed by atoms with Crippen LogP contribution < -0.4 is 9.21 Å². The van der Waals surface area contributed by atoms with Crippen LogP contribution in [0.4, 0.5) is 11.4 Å². The largest absolute Gasteiger partial charge is 0.304 e. The Morgan fingerprint density at radius 1 is 1.03 bits per heavy atom. The number of anilines is 2. The van der Waals surface area contributed by atoms with E-state index in [1.807, 2.05) is 60.7 Å². The molecule has 1 saturated heterocycles. The van der Waals surface area contributed by atoms with E-state index in [4.69, 9.17) is 11.6 Å². The van der Waals surface area contributed by atoms with Crippen molar-refractivity contribution in [3.63, 3.8) is 0 Å². The number of para-hydroxylation sites is 1. The van der Waals surface area contributed by atoms with Crippen LogP contribution in [-0.2, 0) is 21.4 Å². The lowest BCUT2D eigenvalue weighted by Crippen LogP contribution is -2.32. The van der Waals surface area contributed by atoms with Gasteiger partial charge in [-0.1, -0.05) is 67.1 Å². The molecule has 6 nitrogen and oxygen atoms in total. The maximum absolute atomic E-state index is 13.5. The Hall–Kier alpha value is -3.16. The average molecular weight is 469 g/mol. The molecule has 0 aliphatic carbocycles. The topological polar surface area (TPSA) is 74.8 Å². The summed E-state index contributed by atoms with van der Waals surface area (Å²) in [6.45, 7) is 1.90. The average Bonchev–Trinajstić information content (AvgIpc) is 2.99. The van der Waals surface area contributed by atoms with Crippen molar-refractivity contribution in [1.82, 2.24) is 0 Å². The standard InChI is InChI=1S/C24H21ClN2O4S/c1-17-16-32(30,31)27(23(17)28)20-12-13-21(22(25)14-20)24(29)26(19-10-6-3-7-11-19)15-18-8-4-2-5-9-18/h2-14,17H,15-16H2,1H3.